The fraction of sp³-hybridized carbons (Fsp3) is 0.333. The number of hydrogen-bond acceptors (Lipinski definition) is 3. The minimum Gasteiger partial charge on any atom is -0.477 e. The van der Waals surface area contributed by atoms with E-state index < -0.39 is 18.3 Å². The van der Waals surface area contributed by atoms with Crippen molar-refractivity contribution in [3.05, 3.63) is 15.5 Å². The van der Waals surface area contributed by atoms with Crippen LogP contribution >= 0.6 is 22.9 Å². The Balaban J connectivity index is 2.74. The van der Waals surface area contributed by atoms with Crippen LogP contribution in [0.1, 0.15) is 4.88 Å². The van der Waals surface area contributed by atoms with Gasteiger partial charge >= 0.3 is 11.9 Å². The van der Waals surface area contributed by atoms with Crippen molar-refractivity contribution in [2.24, 2.45) is 0 Å². The van der Waals surface area contributed by atoms with Gasteiger partial charge in [-0.25, -0.2) is 9.78 Å². The predicted octanol–water partition coefficient (Wildman–Crippen LogP) is 2.06. The van der Waals surface area contributed by atoms with Gasteiger partial charge in [0.15, 0.2) is 4.47 Å². The van der Waals surface area contributed by atoms with E-state index in [2.05, 4.69) is 4.98 Å². The van der Waals surface area contributed by atoms with Crippen molar-refractivity contribution in [3.8, 4) is 0 Å². The van der Waals surface area contributed by atoms with Crippen LogP contribution in [0.15, 0.2) is 6.20 Å². The van der Waals surface area contributed by atoms with Gasteiger partial charge in [-0.3, -0.25) is 0 Å². The maximum atomic E-state index is 12.6. The summed E-state index contributed by atoms with van der Waals surface area (Å²) in [6, 6.07) is 0. The zero-order valence-electron chi connectivity index (χ0n) is 6.13. The Morgan fingerprint density at radius 1 is 1.77 bits per heavy atom. The summed E-state index contributed by atoms with van der Waals surface area (Å²) in [7, 11) is 0. The smallest absolute Gasteiger partial charge is 0.374 e. The van der Waals surface area contributed by atoms with E-state index in [9.17, 15) is 13.6 Å². The fourth-order valence-electron chi connectivity index (χ4n) is 0.660. The summed E-state index contributed by atoms with van der Waals surface area (Å²) in [6.07, 6.45) is 0.274. The van der Waals surface area contributed by atoms with Crippen LogP contribution in [-0.2, 0) is 11.2 Å². The van der Waals surface area contributed by atoms with Gasteiger partial charge in [0.25, 0.3) is 0 Å². The number of carbonyl (C=O) groups is 1. The zero-order chi connectivity index (χ0) is 10.1. The maximum absolute atomic E-state index is 12.6. The van der Waals surface area contributed by atoms with Gasteiger partial charge in [0, 0.05) is 11.1 Å². The molecule has 0 spiro atoms. The molecule has 72 valence electrons. The maximum Gasteiger partial charge on any atom is 0.374 e. The molecule has 0 atom stereocenters. The Morgan fingerprint density at radius 2 is 2.38 bits per heavy atom. The fourth-order valence-corrected chi connectivity index (χ4v) is 1.69. The molecule has 0 fully saturated rings. The lowest BCUT2D eigenvalue weighted by molar-refractivity contribution is -0.164. The molecular formula is C6H4ClF2NO2S. The number of aliphatic carboxylic acids is 1. The van der Waals surface area contributed by atoms with E-state index in [-0.39, 0.29) is 9.34 Å². The third kappa shape index (κ3) is 2.60. The first kappa shape index (κ1) is 10.3. The summed E-state index contributed by atoms with van der Waals surface area (Å²) >= 11 is 6.23. The summed E-state index contributed by atoms with van der Waals surface area (Å²) in [5, 5.41) is 8.11. The van der Waals surface area contributed by atoms with Gasteiger partial charge in [-0.2, -0.15) is 8.78 Å². The second kappa shape index (κ2) is 3.55. The Hall–Kier alpha value is -0.750. The standard InChI is InChI=1S/C6H4ClF2NO2S/c7-5-10-2-3(13-5)1-6(8,9)4(11)12/h2H,1H2,(H,11,12). The molecule has 0 radical (unpaired) electrons. The molecule has 1 rings (SSSR count). The minimum atomic E-state index is -3.75. The molecule has 0 aromatic carbocycles. The average Bonchev–Trinajstić information content (AvgIpc) is 2.34. The van der Waals surface area contributed by atoms with Crippen molar-refractivity contribution < 1.29 is 18.7 Å². The largest absolute Gasteiger partial charge is 0.477 e. The van der Waals surface area contributed by atoms with Crippen LogP contribution in [0.5, 0.6) is 0 Å². The number of nitrogens with zero attached hydrogens (tertiary/aromatic N) is 1. The monoisotopic (exact) mass is 227 g/mol. The SMILES string of the molecule is O=C(O)C(F)(F)Cc1cnc(Cl)s1. The van der Waals surface area contributed by atoms with Crippen LogP contribution in [0, 0.1) is 0 Å². The summed E-state index contributed by atoms with van der Waals surface area (Å²) < 4.78 is 25.3. The molecule has 1 aromatic heterocycles. The molecule has 0 aliphatic carbocycles. The molecule has 1 aromatic rings. The number of hydrogen-bond donors (Lipinski definition) is 1. The van der Waals surface area contributed by atoms with E-state index in [1.807, 2.05) is 0 Å². The van der Waals surface area contributed by atoms with E-state index in [0.29, 0.717) is 0 Å². The van der Waals surface area contributed by atoms with Crippen molar-refractivity contribution in [1.29, 1.82) is 0 Å². The van der Waals surface area contributed by atoms with Gasteiger partial charge < -0.3 is 5.11 Å². The van der Waals surface area contributed by atoms with Gasteiger partial charge in [-0.1, -0.05) is 11.6 Å². The van der Waals surface area contributed by atoms with Gasteiger partial charge in [0.05, 0.1) is 6.42 Å². The quantitative estimate of drug-likeness (QED) is 0.860. The van der Waals surface area contributed by atoms with E-state index in [0.717, 1.165) is 17.5 Å². The molecule has 0 unspecified atom stereocenters. The summed E-state index contributed by atoms with van der Waals surface area (Å²) in [5.74, 6) is -5.90. The number of thiazole rings is 1. The number of halogens is 3. The normalized spacial score (nSPS) is 11.6. The average molecular weight is 228 g/mol. The molecule has 3 nitrogen and oxygen atoms in total. The first-order chi connectivity index (χ1) is 5.92. The molecule has 0 saturated carbocycles. The highest BCUT2D eigenvalue weighted by Crippen LogP contribution is 2.25. The highest BCUT2D eigenvalue weighted by Gasteiger charge is 2.39. The summed E-state index contributed by atoms with van der Waals surface area (Å²) in [6.45, 7) is 0. The molecule has 1 heterocycles. The second-order valence-electron chi connectivity index (χ2n) is 2.27. The topological polar surface area (TPSA) is 50.2 Å². The zero-order valence-corrected chi connectivity index (χ0v) is 7.70. The van der Waals surface area contributed by atoms with Crippen LogP contribution in [0.25, 0.3) is 0 Å². The van der Waals surface area contributed by atoms with Crippen molar-refractivity contribution in [3.63, 3.8) is 0 Å². The molecule has 0 aliphatic heterocycles. The predicted molar refractivity (Wildman–Crippen MR) is 43.4 cm³/mol. The minimum absolute atomic E-state index is 0.121. The van der Waals surface area contributed by atoms with E-state index in [4.69, 9.17) is 16.7 Å². The molecule has 7 heteroatoms. The van der Waals surface area contributed by atoms with Crippen LogP contribution in [0.4, 0.5) is 8.78 Å². The van der Waals surface area contributed by atoms with E-state index in [1.165, 1.54) is 0 Å². The number of carboxylic acids is 1. The van der Waals surface area contributed by atoms with Crippen LogP contribution < -0.4 is 0 Å². The Morgan fingerprint density at radius 3 is 2.77 bits per heavy atom. The molecule has 0 bridgehead atoms. The van der Waals surface area contributed by atoms with Crippen molar-refractivity contribution in [2.75, 3.05) is 0 Å². The van der Waals surface area contributed by atoms with Gasteiger partial charge in [-0.05, 0) is 0 Å². The Labute approximate surface area is 81.0 Å². The van der Waals surface area contributed by atoms with Crippen LogP contribution in [-0.4, -0.2) is 22.0 Å². The molecule has 13 heavy (non-hydrogen) atoms. The van der Waals surface area contributed by atoms with Crippen LogP contribution in [0.2, 0.25) is 4.47 Å². The third-order valence-electron chi connectivity index (χ3n) is 1.23. The lowest BCUT2D eigenvalue weighted by Crippen LogP contribution is -2.30. The molecular weight excluding hydrogens is 224 g/mol. The molecule has 1 N–H and O–H groups in total. The number of carboxylic acid groups (broad SMARTS) is 1. The van der Waals surface area contributed by atoms with Gasteiger partial charge in [0.1, 0.15) is 0 Å². The first-order valence-corrected chi connectivity index (χ1v) is 4.32. The van der Waals surface area contributed by atoms with E-state index >= 15 is 0 Å². The Kier molecular flexibility index (Phi) is 2.82. The lowest BCUT2D eigenvalue weighted by Gasteiger charge is -2.07. The lowest BCUT2D eigenvalue weighted by atomic mass is 10.2. The van der Waals surface area contributed by atoms with Crippen molar-refractivity contribution in [1.82, 2.24) is 4.98 Å². The molecule has 0 saturated heterocycles. The number of aromatic nitrogens is 1. The van der Waals surface area contributed by atoms with Gasteiger partial charge in [-0.15, -0.1) is 11.3 Å². The second-order valence-corrected chi connectivity index (χ2v) is 3.96. The van der Waals surface area contributed by atoms with Crippen molar-refractivity contribution >= 4 is 28.9 Å². The van der Waals surface area contributed by atoms with Gasteiger partial charge in [0.2, 0.25) is 0 Å². The first-order valence-electron chi connectivity index (χ1n) is 3.13. The summed E-state index contributed by atoms with van der Waals surface area (Å²) in [4.78, 5) is 13.7. The van der Waals surface area contributed by atoms with Crippen molar-refractivity contribution in [2.45, 2.75) is 12.3 Å². The highest BCUT2D eigenvalue weighted by atomic mass is 35.5. The highest BCUT2D eigenvalue weighted by molar-refractivity contribution is 7.15. The molecule has 0 amide bonds. The third-order valence-corrected chi connectivity index (χ3v) is 2.35. The summed E-state index contributed by atoms with van der Waals surface area (Å²) in [5.41, 5.74) is 0. The number of rotatable bonds is 3. The number of alkyl halides is 2. The Bertz CT molecular complexity index is 328. The molecule has 0 aliphatic rings. The van der Waals surface area contributed by atoms with E-state index in [1.54, 1.807) is 0 Å². The van der Waals surface area contributed by atoms with Crippen LogP contribution in [0.3, 0.4) is 0 Å².